The van der Waals surface area contributed by atoms with Crippen LogP contribution in [0.25, 0.3) is 0 Å². The first-order chi connectivity index (χ1) is 8.00. The standard InChI is InChI=1S/C12H8F2O2S.Na/c13-9-1-5-11(6-2-9)17(15,16)12-7-3-10(14)4-8-12;/h1-8H;. The summed E-state index contributed by atoms with van der Waals surface area (Å²) in [6.45, 7) is 0. The maximum Gasteiger partial charge on any atom is 0.206 e. The van der Waals surface area contributed by atoms with Gasteiger partial charge in [-0.25, -0.2) is 17.2 Å². The quantitative estimate of drug-likeness (QED) is 0.624. The van der Waals surface area contributed by atoms with E-state index in [1.807, 2.05) is 0 Å². The van der Waals surface area contributed by atoms with E-state index in [9.17, 15) is 17.2 Å². The van der Waals surface area contributed by atoms with Gasteiger partial charge >= 0.3 is 0 Å². The fourth-order valence-electron chi connectivity index (χ4n) is 1.36. The van der Waals surface area contributed by atoms with E-state index in [0.29, 0.717) is 0 Å². The zero-order valence-electron chi connectivity index (χ0n) is 9.60. The van der Waals surface area contributed by atoms with Crippen LogP contribution in [0.2, 0.25) is 0 Å². The summed E-state index contributed by atoms with van der Waals surface area (Å²) in [7, 11) is -3.71. The van der Waals surface area contributed by atoms with E-state index in [2.05, 4.69) is 0 Å². The molecule has 0 spiro atoms. The Kier molecular flexibility index (Phi) is 5.04. The van der Waals surface area contributed by atoms with Crippen LogP contribution in [0.4, 0.5) is 8.78 Å². The molecule has 0 atom stereocenters. The third-order valence-electron chi connectivity index (χ3n) is 2.25. The molecule has 0 unspecified atom stereocenters. The van der Waals surface area contributed by atoms with Crippen LogP contribution in [0.5, 0.6) is 0 Å². The van der Waals surface area contributed by atoms with Gasteiger partial charge in [0.05, 0.1) is 9.79 Å². The molecule has 0 amide bonds. The Morgan fingerprint density at radius 2 is 0.944 bits per heavy atom. The van der Waals surface area contributed by atoms with Gasteiger partial charge in [-0.1, -0.05) is 0 Å². The van der Waals surface area contributed by atoms with Gasteiger partial charge in [0.25, 0.3) is 0 Å². The molecule has 0 aromatic heterocycles. The molecule has 0 fully saturated rings. The second kappa shape index (κ2) is 5.93. The first kappa shape index (κ1) is 15.3. The van der Waals surface area contributed by atoms with Gasteiger partial charge in [-0.15, -0.1) is 0 Å². The van der Waals surface area contributed by atoms with Gasteiger partial charge in [0.1, 0.15) is 11.6 Å². The molecule has 0 aliphatic heterocycles. The van der Waals surface area contributed by atoms with E-state index < -0.39 is 21.5 Å². The molecule has 6 heteroatoms. The van der Waals surface area contributed by atoms with Crippen LogP contribution in [0.1, 0.15) is 0 Å². The van der Waals surface area contributed by atoms with Crippen molar-refractivity contribution >= 4 is 39.4 Å². The minimum atomic E-state index is -3.71. The van der Waals surface area contributed by atoms with Gasteiger partial charge in [0.2, 0.25) is 9.84 Å². The number of halogens is 2. The number of hydrogen-bond donors (Lipinski definition) is 0. The van der Waals surface area contributed by atoms with E-state index in [1.165, 1.54) is 24.3 Å². The molecule has 0 heterocycles. The minimum absolute atomic E-state index is 0. The molecule has 89 valence electrons. The summed E-state index contributed by atoms with van der Waals surface area (Å²) < 4.78 is 49.4. The summed E-state index contributed by atoms with van der Waals surface area (Å²) >= 11 is 0. The van der Waals surface area contributed by atoms with Gasteiger partial charge in [-0.2, -0.15) is 0 Å². The first-order valence-corrected chi connectivity index (χ1v) is 6.25. The largest absolute Gasteiger partial charge is 0.219 e. The minimum Gasteiger partial charge on any atom is -0.219 e. The molecule has 1 radical (unpaired) electrons. The Bertz CT molecular complexity index is 571. The second-order valence-electron chi connectivity index (χ2n) is 3.41. The Labute approximate surface area is 126 Å². The molecule has 0 N–H and O–H groups in total. The number of hydrogen-bond acceptors (Lipinski definition) is 2. The normalized spacial score (nSPS) is 10.8. The molecule has 0 aliphatic rings. The topological polar surface area (TPSA) is 34.1 Å². The number of benzene rings is 2. The molecule has 2 aromatic rings. The average molecular weight is 277 g/mol. The molecule has 2 nitrogen and oxygen atoms in total. The second-order valence-corrected chi connectivity index (χ2v) is 5.36. The Hall–Kier alpha value is -0.750. The van der Waals surface area contributed by atoms with Gasteiger partial charge in [0, 0.05) is 29.6 Å². The fraction of sp³-hybridized carbons (Fsp3) is 0. The van der Waals surface area contributed by atoms with Crippen molar-refractivity contribution in [2.45, 2.75) is 9.79 Å². The van der Waals surface area contributed by atoms with Crippen molar-refractivity contribution in [3.8, 4) is 0 Å². The maximum absolute atomic E-state index is 12.7. The smallest absolute Gasteiger partial charge is 0.206 e. The molecular formula is C12H8F2NaO2S. The Morgan fingerprint density at radius 1 is 0.667 bits per heavy atom. The summed E-state index contributed by atoms with van der Waals surface area (Å²) in [5, 5.41) is 0. The molecule has 2 rings (SSSR count). The van der Waals surface area contributed by atoms with Crippen LogP contribution in [0.15, 0.2) is 58.3 Å². The van der Waals surface area contributed by atoms with Gasteiger partial charge < -0.3 is 0 Å². The van der Waals surface area contributed by atoms with Crippen molar-refractivity contribution in [1.82, 2.24) is 0 Å². The number of rotatable bonds is 2. The van der Waals surface area contributed by atoms with Crippen molar-refractivity contribution in [3.05, 3.63) is 60.2 Å². The predicted octanol–water partition coefficient (Wildman–Crippen LogP) is 2.42. The Morgan fingerprint density at radius 3 is 1.22 bits per heavy atom. The van der Waals surface area contributed by atoms with Gasteiger partial charge in [-0.3, -0.25) is 0 Å². The van der Waals surface area contributed by atoms with E-state index >= 15 is 0 Å². The molecule has 0 saturated carbocycles. The SMILES string of the molecule is O=S(=O)(c1ccc(F)cc1)c1ccc(F)cc1.[Na]. The van der Waals surface area contributed by atoms with E-state index in [1.54, 1.807) is 0 Å². The third kappa shape index (κ3) is 3.17. The van der Waals surface area contributed by atoms with Gasteiger partial charge in [0.15, 0.2) is 0 Å². The predicted molar refractivity (Wildman–Crippen MR) is 64.0 cm³/mol. The summed E-state index contributed by atoms with van der Waals surface area (Å²) in [6, 6.07) is 8.96. The average Bonchev–Trinajstić information content (AvgIpc) is 2.30. The van der Waals surface area contributed by atoms with Crippen molar-refractivity contribution in [1.29, 1.82) is 0 Å². The maximum atomic E-state index is 12.7. The monoisotopic (exact) mass is 277 g/mol. The summed E-state index contributed by atoms with van der Waals surface area (Å²) in [5.41, 5.74) is 0. The van der Waals surface area contributed by atoms with Crippen molar-refractivity contribution < 1.29 is 17.2 Å². The van der Waals surface area contributed by atoms with Crippen LogP contribution in [0, 0.1) is 11.6 Å². The van der Waals surface area contributed by atoms with E-state index in [-0.39, 0.29) is 39.3 Å². The molecular weight excluding hydrogens is 269 g/mol. The van der Waals surface area contributed by atoms with Crippen LogP contribution in [-0.4, -0.2) is 38.0 Å². The van der Waals surface area contributed by atoms with Crippen LogP contribution in [0.3, 0.4) is 0 Å². The molecule has 0 saturated heterocycles. The fourth-order valence-corrected chi connectivity index (χ4v) is 2.62. The summed E-state index contributed by atoms with van der Waals surface area (Å²) in [5.74, 6) is -1.02. The summed E-state index contributed by atoms with van der Waals surface area (Å²) in [6.07, 6.45) is 0. The van der Waals surface area contributed by atoms with Crippen LogP contribution in [-0.2, 0) is 9.84 Å². The van der Waals surface area contributed by atoms with Gasteiger partial charge in [-0.05, 0) is 48.5 Å². The van der Waals surface area contributed by atoms with Crippen molar-refractivity contribution in [2.75, 3.05) is 0 Å². The molecule has 2 aromatic carbocycles. The van der Waals surface area contributed by atoms with E-state index in [0.717, 1.165) is 24.3 Å². The zero-order chi connectivity index (χ0) is 12.5. The molecule has 18 heavy (non-hydrogen) atoms. The molecule has 0 aliphatic carbocycles. The van der Waals surface area contributed by atoms with Crippen LogP contribution >= 0.6 is 0 Å². The van der Waals surface area contributed by atoms with Crippen LogP contribution < -0.4 is 0 Å². The third-order valence-corrected chi connectivity index (χ3v) is 4.03. The molecule has 0 bridgehead atoms. The van der Waals surface area contributed by atoms with Crippen molar-refractivity contribution in [2.24, 2.45) is 0 Å². The van der Waals surface area contributed by atoms with Crippen molar-refractivity contribution in [3.63, 3.8) is 0 Å². The first-order valence-electron chi connectivity index (χ1n) is 4.76. The number of sulfone groups is 1. The zero-order valence-corrected chi connectivity index (χ0v) is 12.4. The summed E-state index contributed by atoms with van der Waals surface area (Å²) in [4.78, 5) is -0.0454. The Balaban J connectivity index is 0.00000162. The van der Waals surface area contributed by atoms with E-state index in [4.69, 9.17) is 0 Å².